The molecule has 0 radical (unpaired) electrons. The first kappa shape index (κ1) is 24.7. The lowest BCUT2D eigenvalue weighted by molar-refractivity contribution is -0.140. The first-order chi connectivity index (χ1) is 15.3. The summed E-state index contributed by atoms with van der Waals surface area (Å²) in [6.45, 7) is 2.69. The molecule has 2 aromatic rings. The predicted molar refractivity (Wildman–Crippen MR) is 104 cm³/mol. The van der Waals surface area contributed by atoms with Crippen LogP contribution in [-0.2, 0) is 12.7 Å². The zero-order chi connectivity index (χ0) is 24.4. The molecule has 1 saturated carbocycles. The Morgan fingerprint density at radius 1 is 1.15 bits per heavy atom. The van der Waals surface area contributed by atoms with E-state index < -0.39 is 54.3 Å². The molecule has 2 atom stereocenters. The second kappa shape index (κ2) is 9.15. The maximum absolute atomic E-state index is 13.4. The first-order valence-electron chi connectivity index (χ1n) is 9.88. The molecule has 2 heterocycles. The van der Waals surface area contributed by atoms with Gasteiger partial charge in [-0.1, -0.05) is 13.8 Å². The fourth-order valence-electron chi connectivity index (χ4n) is 3.13. The van der Waals surface area contributed by atoms with Gasteiger partial charge in [-0.2, -0.15) is 31.3 Å². The monoisotopic (exact) mass is 480 g/mol. The number of hydrogen-bond acceptors (Lipinski definition) is 8. The molecule has 8 nitrogen and oxygen atoms in total. The lowest BCUT2D eigenvalue weighted by Gasteiger charge is -2.49. The maximum Gasteiger partial charge on any atom is 0.421 e. The molecular weight excluding hydrogens is 458 g/mol. The number of aromatic nitrogens is 4. The summed E-state index contributed by atoms with van der Waals surface area (Å²) in [6, 6.07) is -0.437. The van der Waals surface area contributed by atoms with Crippen LogP contribution >= 0.6 is 0 Å². The van der Waals surface area contributed by atoms with Crippen LogP contribution in [0.25, 0.3) is 0 Å². The van der Waals surface area contributed by atoms with Crippen molar-refractivity contribution in [3.8, 4) is 5.88 Å². The van der Waals surface area contributed by atoms with E-state index in [0.717, 1.165) is 6.33 Å². The van der Waals surface area contributed by atoms with Crippen LogP contribution in [0, 0.1) is 5.41 Å². The highest BCUT2D eigenvalue weighted by Gasteiger charge is 2.48. The number of halogens is 6. The number of anilines is 2. The van der Waals surface area contributed by atoms with Gasteiger partial charge in [0, 0.05) is 30.4 Å². The number of alkyl halides is 6. The average Bonchev–Trinajstić information content (AvgIpc) is 2.71. The average molecular weight is 480 g/mol. The maximum atomic E-state index is 13.4. The van der Waals surface area contributed by atoms with Crippen molar-refractivity contribution in [3.63, 3.8) is 0 Å². The Bertz CT molecular complexity index is 969. The van der Waals surface area contributed by atoms with E-state index in [4.69, 9.17) is 4.74 Å². The number of nitrogens with zero attached hydrogens (tertiary/aromatic N) is 4. The lowest BCUT2D eigenvalue weighted by atomic mass is 9.64. The van der Waals surface area contributed by atoms with Gasteiger partial charge in [-0.3, -0.25) is 0 Å². The van der Waals surface area contributed by atoms with Crippen molar-refractivity contribution < 1.29 is 36.2 Å². The van der Waals surface area contributed by atoms with E-state index in [9.17, 15) is 31.4 Å². The Hall–Kier alpha value is -2.90. The molecule has 182 valence electrons. The van der Waals surface area contributed by atoms with Crippen molar-refractivity contribution in [2.24, 2.45) is 5.41 Å². The Labute approximate surface area is 184 Å². The van der Waals surface area contributed by atoms with Gasteiger partial charge in [0.25, 0.3) is 0 Å². The van der Waals surface area contributed by atoms with E-state index in [0.29, 0.717) is 6.20 Å². The van der Waals surface area contributed by atoms with Crippen LogP contribution in [0.2, 0.25) is 0 Å². The van der Waals surface area contributed by atoms with Gasteiger partial charge in [-0.25, -0.2) is 15.0 Å². The third-order valence-electron chi connectivity index (χ3n) is 5.43. The van der Waals surface area contributed by atoms with Crippen LogP contribution < -0.4 is 15.4 Å². The summed E-state index contributed by atoms with van der Waals surface area (Å²) >= 11 is 0. The Kier molecular flexibility index (Phi) is 6.86. The SMILES string of the molecule is CC1(C)[C@@H](Nc2nc(NCc3cncnc3OCCC(F)(F)F)ncc2C(F)(F)F)C[C@@H]1O. The van der Waals surface area contributed by atoms with Crippen LogP contribution in [0.3, 0.4) is 0 Å². The third-order valence-corrected chi connectivity index (χ3v) is 5.43. The van der Waals surface area contributed by atoms with E-state index in [1.807, 2.05) is 0 Å². The van der Waals surface area contributed by atoms with E-state index in [-0.39, 0.29) is 30.4 Å². The smallest absolute Gasteiger partial charge is 0.421 e. The zero-order valence-corrected chi connectivity index (χ0v) is 17.6. The molecule has 0 unspecified atom stereocenters. The van der Waals surface area contributed by atoms with Gasteiger partial charge in [0.05, 0.1) is 24.7 Å². The van der Waals surface area contributed by atoms with Crippen LogP contribution in [0.1, 0.15) is 37.8 Å². The molecule has 0 spiro atoms. The Morgan fingerprint density at radius 2 is 1.88 bits per heavy atom. The second-order valence-corrected chi connectivity index (χ2v) is 8.14. The minimum absolute atomic E-state index is 0.0998. The van der Waals surface area contributed by atoms with Gasteiger partial charge in [0.1, 0.15) is 17.7 Å². The predicted octanol–water partition coefficient (Wildman–Crippen LogP) is 3.80. The molecule has 0 amide bonds. The fraction of sp³-hybridized carbons (Fsp3) is 0.579. The number of rotatable bonds is 8. The summed E-state index contributed by atoms with van der Waals surface area (Å²) in [5.74, 6) is -0.707. The highest BCUT2D eigenvalue weighted by Crippen LogP contribution is 2.43. The summed E-state index contributed by atoms with van der Waals surface area (Å²) in [4.78, 5) is 15.2. The molecule has 14 heteroatoms. The van der Waals surface area contributed by atoms with Gasteiger partial charge in [-0.05, 0) is 6.42 Å². The molecule has 0 aromatic carbocycles. The molecule has 1 aliphatic rings. The normalized spacial score (nSPS) is 20.2. The van der Waals surface area contributed by atoms with E-state index >= 15 is 0 Å². The molecule has 1 fully saturated rings. The first-order valence-corrected chi connectivity index (χ1v) is 9.88. The molecule has 3 N–H and O–H groups in total. The van der Waals surface area contributed by atoms with E-state index in [2.05, 4.69) is 30.6 Å². The minimum Gasteiger partial charge on any atom is -0.477 e. The molecule has 1 aliphatic carbocycles. The lowest BCUT2D eigenvalue weighted by Crippen LogP contribution is -2.57. The van der Waals surface area contributed by atoms with Crippen LogP contribution in [0.4, 0.5) is 38.1 Å². The Balaban J connectivity index is 1.73. The summed E-state index contributed by atoms with van der Waals surface area (Å²) < 4.78 is 82.3. The third kappa shape index (κ3) is 6.12. The fourth-order valence-corrected chi connectivity index (χ4v) is 3.13. The number of nitrogens with one attached hydrogen (secondary N) is 2. The summed E-state index contributed by atoms with van der Waals surface area (Å²) in [6.07, 6.45) is -7.65. The molecule has 33 heavy (non-hydrogen) atoms. The van der Waals surface area contributed by atoms with Crippen molar-refractivity contribution in [2.75, 3.05) is 17.2 Å². The molecule has 2 aromatic heterocycles. The molecule has 0 aliphatic heterocycles. The summed E-state index contributed by atoms with van der Waals surface area (Å²) in [7, 11) is 0. The van der Waals surface area contributed by atoms with Crippen molar-refractivity contribution in [2.45, 2.75) is 57.7 Å². The van der Waals surface area contributed by atoms with Gasteiger partial charge in [-0.15, -0.1) is 0 Å². The number of ether oxygens (including phenoxy) is 1. The van der Waals surface area contributed by atoms with Gasteiger partial charge in [0.2, 0.25) is 11.8 Å². The number of hydrogen-bond donors (Lipinski definition) is 3. The van der Waals surface area contributed by atoms with Gasteiger partial charge >= 0.3 is 12.4 Å². The highest BCUT2D eigenvalue weighted by atomic mass is 19.4. The molecule has 0 saturated heterocycles. The van der Waals surface area contributed by atoms with E-state index in [1.54, 1.807) is 13.8 Å². The molecule has 3 rings (SSSR count). The summed E-state index contributed by atoms with van der Waals surface area (Å²) in [5, 5.41) is 15.3. The van der Waals surface area contributed by atoms with Crippen LogP contribution in [0.5, 0.6) is 5.88 Å². The van der Waals surface area contributed by atoms with Crippen molar-refractivity contribution in [1.29, 1.82) is 0 Å². The van der Waals surface area contributed by atoms with E-state index in [1.165, 1.54) is 6.20 Å². The summed E-state index contributed by atoms with van der Waals surface area (Å²) in [5.41, 5.74) is -1.45. The van der Waals surface area contributed by atoms with Crippen LogP contribution in [-0.4, -0.2) is 50.0 Å². The van der Waals surface area contributed by atoms with Gasteiger partial charge < -0.3 is 20.5 Å². The highest BCUT2D eigenvalue weighted by molar-refractivity contribution is 5.50. The molecular formula is C19H22F6N6O2. The topological polar surface area (TPSA) is 105 Å². The zero-order valence-electron chi connectivity index (χ0n) is 17.6. The number of aliphatic hydroxyl groups excluding tert-OH is 1. The quantitative estimate of drug-likeness (QED) is 0.490. The number of aliphatic hydroxyl groups is 1. The van der Waals surface area contributed by atoms with Crippen LogP contribution in [0.15, 0.2) is 18.7 Å². The molecule has 0 bridgehead atoms. The second-order valence-electron chi connectivity index (χ2n) is 8.14. The van der Waals surface area contributed by atoms with Gasteiger partial charge in [0.15, 0.2) is 0 Å². The van der Waals surface area contributed by atoms with Crippen molar-refractivity contribution >= 4 is 11.8 Å². The standard InChI is InChI=1S/C19H22F6N6O2/c1-17(2)12(5-13(17)32)30-14-11(19(23,24)25)8-28-16(31-14)27-7-10-6-26-9-29-15(10)33-4-3-18(20,21)22/h6,8-9,12-13,32H,3-5,7H2,1-2H3,(H2,27,28,30,31)/t12-,13-/m0/s1. The minimum atomic E-state index is -4.71. The Morgan fingerprint density at radius 3 is 2.48 bits per heavy atom. The van der Waals surface area contributed by atoms with Crippen molar-refractivity contribution in [3.05, 3.63) is 29.8 Å². The van der Waals surface area contributed by atoms with Crippen molar-refractivity contribution in [1.82, 2.24) is 19.9 Å². The largest absolute Gasteiger partial charge is 0.477 e.